The molecule has 10 nitrogen and oxygen atoms in total. The normalized spacial score (nSPS) is 18.0. The molecule has 1 aromatic rings. The molecule has 1 aliphatic rings. The standard InChI is InChI=1S/C18H23F3N6O4S/c1-24-11(4-5-22)16(29)27-6-7-31-9-10(27)8-25-15(28)13-3-2-12(32-13)14(23)26-17(30)18(19,20)21/h2-5,10,14,22,24H,6-9,23H2,1H3,(H,25,28)(H,26,30)/b11-4-,22-5?. The van der Waals surface area contributed by atoms with Crippen molar-refractivity contribution < 1.29 is 32.3 Å². The summed E-state index contributed by atoms with van der Waals surface area (Å²) in [7, 11) is 1.56. The van der Waals surface area contributed by atoms with Crippen molar-refractivity contribution in [2.45, 2.75) is 18.4 Å². The number of carbonyl (C=O) groups excluding carboxylic acids is 3. The number of thiophene rings is 1. The molecule has 176 valence electrons. The number of morpholine rings is 1. The van der Waals surface area contributed by atoms with E-state index in [-0.39, 0.29) is 34.5 Å². The Balaban J connectivity index is 1.99. The van der Waals surface area contributed by atoms with Crippen LogP contribution in [0.2, 0.25) is 0 Å². The quantitative estimate of drug-likeness (QED) is 0.204. The number of nitrogens with two attached hydrogens (primary N) is 1. The Labute approximate surface area is 185 Å². The summed E-state index contributed by atoms with van der Waals surface area (Å²) in [5.74, 6) is -3.04. The molecule has 14 heteroatoms. The number of nitrogens with zero attached hydrogens (tertiary/aromatic N) is 1. The summed E-state index contributed by atoms with van der Waals surface area (Å²) >= 11 is 0.836. The lowest BCUT2D eigenvalue weighted by molar-refractivity contribution is -0.174. The Morgan fingerprint density at radius 2 is 2.12 bits per heavy atom. The second kappa shape index (κ2) is 11.1. The van der Waals surface area contributed by atoms with E-state index in [9.17, 15) is 27.6 Å². The van der Waals surface area contributed by atoms with Gasteiger partial charge in [0.15, 0.2) is 0 Å². The van der Waals surface area contributed by atoms with Gasteiger partial charge < -0.3 is 36.7 Å². The number of alkyl halides is 3. The van der Waals surface area contributed by atoms with Gasteiger partial charge in [-0.1, -0.05) is 0 Å². The molecule has 6 N–H and O–H groups in total. The maximum absolute atomic E-state index is 12.7. The summed E-state index contributed by atoms with van der Waals surface area (Å²) in [5.41, 5.74) is 5.79. The Kier molecular flexibility index (Phi) is 8.74. The third-order valence-electron chi connectivity index (χ3n) is 4.44. The second-order valence-corrected chi connectivity index (χ2v) is 7.70. The third-order valence-corrected chi connectivity index (χ3v) is 5.60. The van der Waals surface area contributed by atoms with Gasteiger partial charge in [0.2, 0.25) is 0 Å². The van der Waals surface area contributed by atoms with Crippen LogP contribution in [0.3, 0.4) is 0 Å². The van der Waals surface area contributed by atoms with Crippen molar-refractivity contribution >= 4 is 35.3 Å². The van der Waals surface area contributed by atoms with Gasteiger partial charge >= 0.3 is 12.1 Å². The molecule has 0 bridgehead atoms. The Morgan fingerprint density at radius 3 is 2.75 bits per heavy atom. The third kappa shape index (κ3) is 6.51. The number of carbonyl (C=O) groups is 3. The van der Waals surface area contributed by atoms with Gasteiger partial charge in [0, 0.05) is 31.2 Å². The predicted octanol–water partition coefficient (Wildman–Crippen LogP) is 0.0940. The van der Waals surface area contributed by atoms with Crippen molar-refractivity contribution in [3.63, 3.8) is 0 Å². The fourth-order valence-corrected chi connectivity index (χ4v) is 3.70. The first-order chi connectivity index (χ1) is 15.1. The number of amides is 3. The van der Waals surface area contributed by atoms with Crippen LogP contribution in [0.15, 0.2) is 23.9 Å². The van der Waals surface area contributed by atoms with E-state index in [4.69, 9.17) is 15.9 Å². The fourth-order valence-electron chi connectivity index (χ4n) is 2.82. The zero-order valence-corrected chi connectivity index (χ0v) is 17.8. The number of allylic oxidation sites excluding steroid dienone is 1. The van der Waals surface area contributed by atoms with Crippen LogP contribution in [-0.4, -0.2) is 74.4 Å². The topological polar surface area (TPSA) is 150 Å². The van der Waals surface area contributed by atoms with E-state index in [1.165, 1.54) is 23.1 Å². The van der Waals surface area contributed by atoms with E-state index in [0.29, 0.717) is 13.2 Å². The molecule has 0 spiro atoms. The number of halogens is 3. The van der Waals surface area contributed by atoms with Crippen LogP contribution < -0.4 is 21.7 Å². The Morgan fingerprint density at radius 1 is 1.41 bits per heavy atom. The predicted molar refractivity (Wildman–Crippen MR) is 110 cm³/mol. The van der Waals surface area contributed by atoms with Gasteiger partial charge in [-0.3, -0.25) is 14.4 Å². The van der Waals surface area contributed by atoms with E-state index in [1.807, 2.05) is 0 Å². The summed E-state index contributed by atoms with van der Waals surface area (Å²) in [6.45, 7) is 0.884. The molecule has 2 heterocycles. The highest BCUT2D eigenvalue weighted by molar-refractivity contribution is 7.14. The zero-order valence-electron chi connectivity index (χ0n) is 17.0. The molecule has 0 aromatic carbocycles. The number of hydrogen-bond donors (Lipinski definition) is 5. The molecule has 1 aliphatic heterocycles. The average molecular weight is 476 g/mol. The first kappa shape index (κ1) is 25.3. The Hall–Kier alpha value is -2.97. The molecule has 1 fully saturated rings. The van der Waals surface area contributed by atoms with Crippen LogP contribution in [0.4, 0.5) is 13.2 Å². The summed E-state index contributed by atoms with van der Waals surface area (Å²) in [5, 5.41) is 14.2. The summed E-state index contributed by atoms with van der Waals surface area (Å²) in [4.78, 5) is 38.0. The van der Waals surface area contributed by atoms with Crippen LogP contribution in [0.5, 0.6) is 0 Å². The van der Waals surface area contributed by atoms with E-state index < -0.39 is 30.2 Å². The first-order valence-corrected chi connectivity index (χ1v) is 10.2. The van der Waals surface area contributed by atoms with Gasteiger partial charge in [0.05, 0.1) is 24.1 Å². The molecular weight excluding hydrogens is 453 g/mol. The molecule has 2 unspecified atom stereocenters. The van der Waals surface area contributed by atoms with Crippen molar-refractivity contribution in [2.24, 2.45) is 5.73 Å². The number of rotatable bonds is 8. The maximum Gasteiger partial charge on any atom is 0.471 e. The van der Waals surface area contributed by atoms with Crippen molar-refractivity contribution in [3.8, 4) is 0 Å². The van der Waals surface area contributed by atoms with E-state index >= 15 is 0 Å². The molecule has 0 radical (unpaired) electrons. The van der Waals surface area contributed by atoms with Crippen LogP contribution in [-0.2, 0) is 14.3 Å². The molecule has 3 amide bonds. The molecule has 1 saturated heterocycles. The van der Waals surface area contributed by atoms with Crippen LogP contribution in [0, 0.1) is 5.41 Å². The summed E-state index contributed by atoms with van der Waals surface area (Å²) in [6, 6.07) is 2.26. The number of hydrogen-bond acceptors (Lipinski definition) is 8. The first-order valence-electron chi connectivity index (χ1n) is 9.37. The van der Waals surface area contributed by atoms with E-state index in [0.717, 1.165) is 17.6 Å². The minimum Gasteiger partial charge on any atom is -0.384 e. The molecule has 0 saturated carbocycles. The lowest BCUT2D eigenvalue weighted by atomic mass is 10.2. The Bertz CT molecular complexity index is 888. The van der Waals surface area contributed by atoms with Crippen molar-refractivity contribution in [1.82, 2.24) is 20.9 Å². The molecule has 1 aromatic heterocycles. The molecule has 0 aliphatic carbocycles. The molecule has 32 heavy (non-hydrogen) atoms. The van der Waals surface area contributed by atoms with E-state index in [2.05, 4.69) is 10.6 Å². The van der Waals surface area contributed by atoms with Gasteiger partial charge in [-0.25, -0.2) is 0 Å². The van der Waals surface area contributed by atoms with Gasteiger partial charge in [-0.2, -0.15) is 13.2 Å². The van der Waals surface area contributed by atoms with Gasteiger partial charge in [0.25, 0.3) is 11.8 Å². The highest BCUT2D eigenvalue weighted by Gasteiger charge is 2.39. The smallest absolute Gasteiger partial charge is 0.384 e. The van der Waals surface area contributed by atoms with Crippen molar-refractivity contribution in [1.29, 1.82) is 5.41 Å². The maximum atomic E-state index is 12.7. The van der Waals surface area contributed by atoms with Crippen LogP contribution >= 0.6 is 11.3 Å². The zero-order chi connectivity index (χ0) is 23.9. The van der Waals surface area contributed by atoms with Gasteiger partial charge in [-0.05, 0) is 18.2 Å². The highest BCUT2D eigenvalue weighted by atomic mass is 32.1. The molecule has 2 rings (SSSR count). The van der Waals surface area contributed by atoms with Gasteiger partial charge in [-0.15, -0.1) is 11.3 Å². The summed E-state index contributed by atoms with van der Waals surface area (Å²) in [6.07, 6.45) is -4.18. The molecular formula is C18H23F3N6O4S. The minimum atomic E-state index is -5.07. The molecule has 2 atom stereocenters. The lowest BCUT2D eigenvalue weighted by Crippen LogP contribution is -2.54. The lowest BCUT2D eigenvalue weighted by Gasteiger charge is -2.36. The SMILES string of the molecule is CN/C(=C\C=N)C(=O)N1CCOCC1CNC(=O)c1ccc(C(N)NC(=O)C(F)(F)F)s1. The number of likely N-dealkylation sites (N-methyl/N-ethyl adjacent to an activating group) is 1. The second-order valence-electron chi connectivity index (χ2n) is 6.59. The van der Waals surface area contributed by atoms with Crippen LogP contribution in [0.1, 0.15) is 20.7 Å². The fraction of sp³-hybridized carbons (Fsp3) is 0.444. The highest BCUT2D eigenvalue weighted by Crippen LogP contribution is 2.22. The minimum absolute atomic E-state index is 0.0657. The summed E-state index contributed by atoms with van der Waals surface area (Å²) < 4.78 is 42.5. The number of nitrogens with one attached hydrogen (secondary N) is 4. The monoisotopic (exact) mass is 476 g/mol. The largest absolute Gasteiger partial charge is 0.471 e. The average Bonchev–Trinajstić information content (AvgIpc) is 3.25. The van der Waals surface area contributed by atoms with Crippen molar-refractivity contribution in [3.05, 3.63) is 33.7 Å². The van der Waals surface area contributed by atoms with Crippen LogP contribution in [0.25, 0.3) is 0 Å². The van der Waals surface area contributed by atoms with Gasteiger partial charge in [0.1, 0.15) is 11.9 Å². The van der Waals surface area contributed by atoms with Crippen molar-refractivity contribution in [2.75, 3.05) is 33.4 Å². The number of ether oxygens (including phenoxy) is 1. The van der Waals surface area contributed by atoms with E-state index in [1.54, 1.807) is 12.4 Å².